The summed E-state index contributed by atoms with van der Waals surface area (Å²) in [4.78, 5) is 4.26. The number of para-hydroxylation sites is 1. The molecule has 94 valence electrons. The van der Waals surface area contributed by atoms with E-state index in [2.05, 4.69) is 4.98 Å². The van der Waals surface area contributed by atoms with Gasteiger partial charge in [-0.3, -0.25) is 0 Å². The number of hydrogen-bond donors (Lipinski definition) is 1. The van der Waals surface area contributed by atoms with Crippen LogP contribution in [0.2, 0.25) is 0 Å². The van der Waals surface area contributed by atoms with Crippen LogP contribution >= 0.6 is 0 Å². The molecule has 1 aromatic heterocycles. The Kier molecular flexibility index (Phi) is 3.95. The summed E-state index contributed by atoms with van der Waals surface area (Å²) in [6, 6.07) is 11.5. The first kappa shape index (κ1) is 12.6. The molecule has 2 rings (SSSR count). The monoisotopic (exact) mass is 243 g/mol. The lowest BCUT2D eigenvalue weighted by Crippen LogP contribution is -1.99. The molecule has 1 N–H and O–H groups in total. The van der Waals surface area contributed by atoms with Crippen molar-refractivity contribution in [3.63, 3.8) is 0 Å². The van der Waals surface area contributed by atoms with E-state index < -0.39 is 6.10 Å². The van der Waals surface area contributed by atoms with Crippen LogP contribution in [0.15, 0.2) is 42.6 Å². The van der Waals surface area contributed by atoms with Gasteiger partial charge in [-0.2, -0.15) is 0 Å². The third-order valence-electron chi connectivity index (χ3n) is 2.78. The van der Waals surface area contributed by atoms with E-state index in [1.807, 2.05) is 50.2 Å². The van der Waals surface area contributed by atoms with Gasteiger partial charge in [-0.25, -0.2) is 4.98 Å². The van der Waals surface area contributed by atoms with Gasteiger partial charge in [0.1, 0.15) is 5.75 Å². The summed E-state index contributed by atoms with van der Waals surface area (Å²) in [6.07, 6.45) is 1.89. The van der Waals surface area contributed by atoms with E-state index in [0.717, 1.165) is 16.9 Å². The van der Waals surface area contributed by atoms with E-state index in [-0.39, 0.29) is 0 Å². The number of rotatable bonds is 4. The van der Waals surface area contributed by atoms with Crippen LogP contribution in [0.3, 0.4) is 0 Å². The third-order valence-corrected chi connectivity index (χ3v) is 2.78. The summed E-state index contributed by atoms with van der Waals surface area (Å²) < 4.78 is 5.68. The minimum Gasteiger partial charge on any atom is -0.439 e. The smallest absolute Gasteiger partial charge is 0.222 e. The van der Waals surface area contributed by atoms with Gasteiger partial charge in [-0.15, -0.1) is 0 Å². The first-order chi connectivity index (χ1) is 8.70. The molecule has 2 aromatic rings. The highest BCUT2D eigenvalue weighted by molar-refractivity contribution is 5.34. The number of aryl methyl sites for hydroxylation is 1. The normalized spacial score (nSPS) is 12.2. The molecule has 18 heavy (non-hydrogen) atoms. The first-order valence-corrected chi connectivity index (χ1v) is 6.08. The van der Waals surface area contributed by atoms with Crippen molar-refractivity contribution in [2.24, 2.45) is 0 Å². The summed E-state index contributed by atoms with van der Waals surface area (Å²) in [5, 5.41) is 9.75. The van der Waals surface area contributed by atoms with Crippen LogP contribution in [0, 0.1) is 6.92 Å². The zero-order chi connectivity index (χ0) is 13.0. The second kappa shape index (κ2) is 5.65. The molecule has 0 unspecified atom stereocenters. The molecule has 1 heterocycles. The van der Waals surface area contributed by atoms with E-state index in [4.69, 9.17) is 4.74 Å². The van der Waals surface area contributed by atoms with Crippen molar-refractivity contribution in [3.05, 3.63) is 53.7 Å². The Balaban J connectivity index is 2.20. The topological polar surface area (TPSA) is 42.4 Å². The first-order valence-electron chi connectivity index (χ1n) is 6.08. The predicted octanol–water partition coefficient (Wildman–Crippen LogP) is 3.63. The van der Waals surface area contributed by atoms with Gasteiger partial charge in [0.15, 0.2) is 0 Å². The summed E-state index contributed by atoms with van der Waals surface area (Å²) >= 11 is 0. The van der Waals surface area contributed by atoms with Crippen molar-refractivity contribution < 1.29 is 9.84 Å². The van der Waals surface area contributed by atoms with Crippen molar-refractivity contribution in [3.8, 4) is 11.6 Å². The van der Waals surface area contributed by atoms with Crippen LogP contribution in [-0.4, -0.2) is 10.1 Å². The Morgan fingerprint density at radius 2 is 2.00 bits per heavy atom. The number of nitrogens with zero attached hydrogens (tertiary/aromatic N) is 1. The van der Waals surface area contributed by atoms with Gasteiger partial charge in [-0.05, 0) is 37.1 Å². The van der Waals surface area contributed by atoms with Crippen molar-refractivity contribution >= 4 is 0 Å². The molecular formula is C15H17NO2. The van der Waals surface area contributed by atoms with Crippen LogP contribution in [0.4, 0.5) is 0 Å². The van der Waals surface area contributed by atoms with Crippen LogP contribution in [0.5, 0.6) is 11.6 Å². The van der Waals surface area contributed by atoms with Crippen molar-refractivity contribution in [2.75, 3.05) is 0 Å². The van der Waals surface area contributed by atoms with Gasteiger partial charge in [-0.1, -0.05) is 25.1 Å². The lowest BCUT2D eigenvalue weighted by molar-refractivity contribution is 0.173. The molecule has 0 aliphatic carbocycles. The zero-order valence-electron chi connectivity index (χ0n) is 10.6. The molecule has 1 aromatic carbocycles. The van der Waals surface area contributed by atoms with Gasteiger partial charge in [0.05, 0.1) is 6.10 Å². The molecule has 0 bridgehead atoms. The third kappa shape index (κ3) is 2.87. The van der Waals surface area contributed by atoms with E-state index in [9.17, 15) is 5.11 Å². The maximum absolute atomic E-state index is 9.75. The molecule has 0 amide bonds. The average molecular weight is 243 g/mol. The number of aliphatic hydroxyl groups excluding tert-OH is 1. The molecule has 1 atom stereocenters. The standard InChI is InChI=1S/C15H17NO2/c1-3-14(17)12-9-11(2)15(16-10-12)18-13-7-5-4-6-8-13/h4-10,14,17H,3H2,1-2H3/t14-/m1/s1. The second-order valence-corrected chi connectivity index (χ2v) is 4.23. The van der Waals surface area contributed by atoms with Crippen LogP contribution in [0.1, 0.15) is 30.6 Å². The zero-order valence-corrected chi connectivity index (χ0v) is 10.6. The lowest BCUT2D eigenvalue weighted by atomic mass is 10.1. The highest BCUT2D eigenvalue weighted by Crippen LogP contribution is 2.25. The second-order valence-electron chi connectivity index (χ2n) is 4.23. The number of aliphatic hydroxyl groups is 1. The summed E-state index contributed by atoms with van der Waals surface area (Å²) in [5.41, 5.74) is 1.75. The largest absolute Gasteiger partial charge is 0.439 e. The Labute approximate surface area is 107 Å². The molecule has 0 aliphatic heterocycles. The van der Waals surface area contributed by atoms with Gasteiger partial charge in [0.2, 0.25) is 5.88 Å². The Morgan fingerprint density at radius 3 is 2.61 bits per heavy atom. The van der Waals surface area contributed by atoms with E-state index in [1.165, 1.54) is 0 Å². The number of aromatic nitrogens is 1. The number of pyridine rings is 1. The predicted molar refractivity (Wildman–Crippen MR) is 70.7 cm³/mol. The number of hydrogen-bond acceptors (Lipinski definition) is 3. The fourth-order valence-electron chi connectivity index (χ4n) is 1.71. The molecule has 3 heteroatoms. The Morgan fingerprint density at radius 1 is 1.28 bits per heavy atom. The van der Waals surface area contributed by atoms with Crippen molar-refractivity contribution in [2.45, 2.75) is 26.4 Å². The van der Waals surface area contributed by atoms with E-state index in [0.29, 0.717) is 12.3 Å². The maximum Gasteiger partial charge on any atom is 0.222 e. The highest BCUT2D eigenvalue weighted by atomic mass is 16.5. The van der Waals surface area contributed by atoms with Gasteiger partial charge < -0.3 is 9.84 Å². The number of benzene rings is 1. The quantitative estimate of drug-likeness (QED) is 0.891. The molecule has 3 nitrogen and oxygen atoms in total. The van der Waals surface area contributed by atoms with E-state index in [1.54, 1.807) is 6.20 Å². The van der Waals surface area contributed by atoms with Crippen molar-refractivity contribution in [1.29, 1.82) is 0 Å². The lowest BCUT2D eigenvalue weighted by Gasteiger charge is -2.11. The molecule has 0 radical (unpaired) electrons. The maximum atomic E-state index is 9.75. The fraction of sp³-hybridized carbons (Fsp3) is 0.267. The highest BCUT2D eigenvalue weighted by Gasteiger charge is 2.09. The summed E-state index contributed by atoms with van der Waals surface area (Å²) in [5.74, 6) is 1.34. The molecule has 0 fully saturated rings. The minimum absolute atomic E-state index is 0.457. The summed E-state index contributed by atoms with van der Waals surface area (Å²) in [6.45, 7) is 3.87. The molecule has 0 spiro atoms. The summed E-state index contributed by atoms with van der Waals surface area (Å²) in [7, 11) is 0. The van der Waals surface area contributed by atoms with Crippen molar-refractivity contribution in [1.82, 2.24) is 4.98 Å². The Hall–Kier alpha value is -1.87. The molecule has 0 aliphatic rings. The van der Waals surface area contributed by atoms with Crippen LogP contribution < -0.4 is 4.74 Å². The van der Waals surface area contributed by atoms with Gasteiger partial charge >= 0.3 is 0 Å². The molecule has 0 saturated carbocycles. The Bertz CT molecular complexity index is 511. The van der Waals surface area contributed by atoms with Crippen LogP contribution in [-0.2, 0) is 0 Å². The fourth-order valence-corrected chi connectivity index (χ4v) is 1.71. The SMILES string of the molecule is CC[C@@H](O)c1cnc(Oc2ccccc2)c(C)c1. The average Bonchev–Trinajstić information content (AvgIpc) is 2.41. The van der Waals surface area contributed by atoms with Crippen LogP contribution in [0.25, 0.3) is 0 Å². The molecule has 0 saturated heterocycles. The van der Waals surface area contributed by atoms with Gasteiger partial charge in [0, 0.05) is 11.8 Å². The van der Waals surface area contributed by atoms with Gasteiger partial charge in [0.25, 0.3) is 0 Å². The van der Waals surface area contributed by atoms with E-state index >= 15 is 0 Å². The molecular weight excluding hydrogens is 226 g/mol. The minimum atomic E-state index is -0.457. The number of ether oxygens (including phenoxy) is 1.